The van der Waals surface area contributed by atoms with Crippen molar-refractivity contribution in [3.05, 3.63) is 65.5 Å². The molecule has 2 saturated carbocycles. The Hall–Kier alpha value is -4.77. The number of aryl methyl sites for hydroxylation is 1. The molecule has 0 radical (unpaired) electrons. The van der Waals surface area contributed by atoms with Gasteiger partial charge in [0.1, 0.15) is 5.52 Å². The second-order valence-corrected chi connectivity index (χ2v) is 15.7. The third-order valence-electron chi connectivity index (χ3n) is 12.6. The van der Waals surface area contributed by atoms with Gasteiger partial charge in [0.15, 0.2) is 5.82 Å². The second-order valence-electron chi connectivity index (χ2n) is 15.7. The van der Waals surface area contributed by atoms with E-state index in [4.69, 9.17) is 9.97 Å². The lowest BCUT2D eigenvalue weighted by Gasteiger charge is -2.48. The lowest BCUT2D eigenvalue weighted by Crippen LogP contribution is -2.58. The van der Waals surface area contributed by atoms with Crippen LogP contribution in [0.4, 0.5) is 17.2 Å². The van der Waals surface area contributed by atoms with Crippen LogP contribution in [0.3, 0.4) is 0 Å². The van der Waals surface area contributed by atoms with Crippen molar-refractivity contribution in [2.24, 2.45) is 0 Å². The first-order valence-corrected chi connectivity index (χ1v) is 19.2. The molecule has 2 aromatic heterocycles. The van der Waals surface area contributed by atoms with Crippen molar-refractivity contribution in [2.75, 3.05) is 43.4 Å². The van der Waals surface area contributed by atoms with Crippen molar-refractivity contribution in [1.29, 1.82) is 0 Å². The number of aromatic nitrogens is 3. The van der Waals surface area contributed by atoms with Crippen LogP contribution in [0.2, 0.25) is 0 Å². The fourth-order valence-corrected chi connectivity index (χ4v) is 9.29. The molecule has 0 unspecified atom stereocenters. The SMILES string of the molecule is CNC(=O)c1cc(Nc2nc(-c3ccc4c(c3)N(C3CC(N5CCCCC5)C3)C(=O)C43CCN(C(C)=O)CC3)cc3ncn(C4CC4)c23)ccc1C. The maximum atomic E-state index is 14.7. The number of likely N-dealkylation sites (tertiary alicyclic amines) is 2. The van der Waals surface area contributed by atoms with Crippen molar-refractivity contribution < 1.29 is 14.4 Å². The normalized spacial score (nSPS) is 22.8. The Kier molecular flexibility index (Phi) is 8.09. The van der Waals surface area contributed by atoms with Crippen molar-refractivity contribution in [3.63, 3.8) is 0 Å². The fourth-order valence-electron chi connectivity index (χ4n) is 9.29. The van der Waals surface area contributed by atoms with Crippen LogP contribution < -0.4 is 15.5 Å². The summed E-state index contributed by atoms with van der Waals surface area (Å²) in [4.78, 5) is 56.5. The molecule has 9 rings (SSSR count). The Labute approximate surface area is 304 Å². The number of anilines is 3. The van der Waals surface area contributed by atoms with Gasteiger partial charge in [-0.25, -0.2) is 9.97 Å². The topological polar surface area (TPSA) is 116 Å². The number of fused-ring (bicyclic) bond motifs is 3. The maximum Gasteiger partial charge on any atom is 0.251 e. The van der Waals surface area contributed by atoms with Gasteiger partial charge in [0.2, 0.25) is 11.8 Å². The summed E-state index contributed by atoms with van der Waals surface area (Å²) in [5, 5.41) is 6.31. The lowest BCUT2D eigenvalue weighted by molar-refractivity contribution is -0.134. The molecular weight excluding hydrogens is 653 g/mol. The Morgan fingerprint density at radius 2 is 1.67 bits per heavy atom. The van der Waals surface area contributed by atoms with E-state index in [1.807, 2.05) is 36.4 Å². The van der Waals surface area contributed by atoms with Gasteiger partial charge in [-0.2, -0.15) is 0 Å². The maximum absolute atomic E-state index is 14.7. The Morgan fingerprint density at radius 1 is 0.904 bits per heavy atom. The molecule has 270 valence electrons. The summed E-state index contributed by atoms with van der Waals surface area (Å²) in [5.74, 6) is 0.826. The van der Waals surface area contributed by atoms with Gasteiger partial charge in [-0.3, -0.25) is 14.4 Å². The van der Waals surface area contributed by atoms with E-state index in [0.29, 0.717) is 49.4 Å². The van der Waals surface area contributed by atoms with Gasteiger partial charge < -0.3 is 29.9 Å². The molecule has 5 heterocycles. The van der Waals surface area contributed by atoms with Crippen LogP contribution in [0.25, 0.3) is 22.3 Å². The van der Waals surface area contributed by atoms with Gasteiger partial charge in [0.25, 0.3) is 5.91 Å². The van der Waals surface area contributed by atoms with Crippen LogP contribution >= 0.6 is 0 Å². The van der Waals surface area contributed by atoms with E-state index in [1.165, 1.54) is 19.3 Å². The molecular formula is C41H48N8O3. The molecule has 4 fully saturated rings. The first-order chi connectivity index (χ1) is 25.2. The Morgan fingerprint density at radius 3 is 2.38 bits per heavy atom. The van der Waals surface area contributed by atoms with E-state index in [0.717, 1.165) is 83.6 Å². The summed E-state index contributed by atoms with van der Waals surface area (Å²) >= 11 is 0. The standard InChI is InChI=1S/C41H48N8O3/c1-25-7-9-28(20-32(25)39(51)42-3)44-38-37-35(43-24-48(37)29-10-11-29)23-34(45-38)27-8-12-33-36(19-27)49(31-21-30(22-31)47-15-5-4-6-16-47)40(52)41(33)13-17-46(18-14-41)26(2)50/h7-9,12,19-20,23-24,29-31H,4-6,10-11,13-18,21-22H2,1-3H3,(H,42,51)(H,44,45). The minimum absolute atomic E-state index is 0.0709. The summed E-state index contributed by atoms with van der Waals surface area (Å²) in [5.41, 5.74) is 7.26. The number of hydrogen-bond donors (Lipinski definition) is 2. The van der Waals surface area contributed by atoms with Crippen molar-refractivity contribution in [1.82, 2.24) is 29.7 Å². The zero-order valence-electron chi connectivity index (χ0n) is 30.5. The number of pyridine rings is 1. The largest absolute Gasteiger partial charge is 0.355 e. The van der Waals surface area contributed by atoms with Gasteiger partial charge in [0, 0.05) is 67.7 Å². The smallest absolute Gasteiger partial charge is 0.251 e. The van der Waals surface area contributed by atoms with Crippen LogP contribution in [0.1, 0.15) is 92.2 Å². The third-order valence-corrected chi connectivity index (χ3v) is 12.6. The van der Waals surface area contributed by atoms with E-state index < -0.39 is 5.41 Å². The molecule has 2 N–H and O–H groups in total. The first kappa shape index (κ1) is 33.1. The van der Waals surface area contributed by atoms with Crippen LogP contribution in [-0.4, -0.2) is 87.4 Å². The van der Waals surface area contributed by atoms with Gasteiger partial charge in [-0.05, 0) is 107 Å². The minimum Gasteiger partial charge on any atom is -0.355 e. The molecule has 0 bridgehead atoms. The highest BCUT2D eigenvalue weighted by molar-refractivity contribution is 6.09. The molecule has 0 atom stereocenters. The number of benzene rings is 2. The highest BCUT2D eigenvalue weighted by atomic mass is 16.2. The molecule has 2 saturated heterocycles. The average Bonchev–Trinajstić information content (AvgIpc) is 3.86. The number of nitrogens with one attached hydrogen (secondary N) is 2. The monoisotopic (exact) mass is 700 g/mol. The summed E-state index contributed by atoms with van der Waals surface area (Å²) < 4.78 is 2.22. The summed E-state index contributed by atoms with van der Waals surface area (Å²) in [6.45, 7) is 7.06. The lowest BCUT2D eigenvalue weighted by atomic mass is 9.73. The van der Waals surface area contributed by atoms with E-state index in [1.54, 1.807) is 14.0 Å². The quantitative estimate of drug-likeness (QED) is 0.240. The predicted octanol–water partition coefficient (Wildman–Crippen LogP) is 6.09. The summed E-state index contributed by atoms with van der Waals surface area (Å²) in [7, 11) is 1.64. The number of rotatable bonds is 7. The van der Waals surface area contributed by atoms with Crippen LogP contribution in [0.15, 0.2) is 48.8 Å². The second kappa shape index (κ2) is 12.7. The number of hydrogen-bond acceptors (Lipinski definition) is 7. The first-order valence-electron chi connectivity index (χ1n) is 19.2. The van der Waals surface area contributed by atoms with Gasteiger partial charge in [-0.15, -0.1) is 0 Å². The minimum atomic E-state index is -0.614. The molecule has 11 heteroatoms. The number of imidazole rings is 1. The van der Waals surface area contributed by atoms with E-state index >= 15 is 0 Å². The molecule has 1 spiro atoms. The number of carbonyl (C=O) groups excluding carboxylic acids is 3. The van der Waals surface area contributed by atoms with Gasteiger partial charge >= 0.3 is 0 Å². The van der Waals surface area contributed by atoms with Gasteiger partial charge in [-0.1, -0.05) is 24.6 Å². The van der Waals surface area contributed by atoms with Crippen molar-refractivity contribution in [2.45, 2.75) is 95.2 Å². The van der Waals surface area contributed by atoms with Crippen molar-refractivity contribution in [3.8, 4) is 11.3 Å². The van der Waals surface area contributed by atoms with Crippen LogP contribution in [0, 0.1) is 6.92 Å². The van der Waals surface area contributed by atoms with Crippen molar-refractivity contribution >= 4 is 45.9 Å². The predicted molar refractivity (Wildman–Crippen MR) is 202 cm³/mol. The van der Waals surface area contributed by atoms with E-state index in [9.17, 15) is 14.4 Å². The number of amides is 3. The fraction of sp³-hybridized carbons (Fsp3) is 0.488. The molecule has 4 aromatic rings. The molecule has 3 amide bonds. The number of piperidine rings is 2. The Balaban J connectivity index is 1.10. The average molecular weight is 701 g/mol. The van der Waals surface area contributed by atoms with Crippen LogP contribution in [0.5, 0.6) is 0 Å². The van der Waals surface area contributed by atoms with Gasteiger partial charge in [0.05, 0.1) is 23.0 Å². The molecule has 2 aromatic carbocycles. The molecule has 11 nitrogen and oxygen atoms in total. The Bertz CT molecular complexity index is 2080. The third kappa shape index (κ3) is 5.47. The highest BCUT2D eigenvalue weighted by Gasteiger charge is 2.55. The molecule has 52 heavy (non-hydrogen) atoms. The molecule has 5 aliphatic rings. The molecule has 2 aliphatic carbocycles. The summed E-state index contributed by atoms with van der Waals surface area (Å²) in [6.07, 6.45) is 11.2. The zero-order valence-corrected chi connectivity index (χ0v) is 30.5. The van der Waals surface area contributed by atoms with E-state index in [2.05, 4.69) is 49.3 Å². The van der Waals surface area contributed by atoms with E-state index in [-0.39, 0.29) is 23.8 Å². The molecule has 3 aliphatic heterocycles. The number of carbonyl (C=O) groups is 3. The zero-order chi connectivity index (χ0) is 35.7. The highest BCUT2D eigenvalue weighted by Crippen LogP contribution is 2.52. The van der Waals surface area contributed by atoms with Crippen LogP contribution in [-0.2, 0) is 15.0 Å². The summed E-state index contributed by atoms with van der Waals surface area (Å²) in [6, 6.07) is 15.4. The number of nitrogens with zero attached hydrogens (tertiary/aromatic N) is 6.